The predicted octanol–water partition coefficient (Wildman–Crippen LogP) is 7.04. The molecule has 25 nitrogen and oxygen atoms in total. The summed E-state index contributed by atoms with van der Waals surface area (Å²) in [5, 5.41) is 8.70. The van der Waals surface area contributed by atoms with Gasteiger partial charge in [-0.2, -0.15) is 13.2 Å². The number of halogens is 5. The second-order valence-corrected chi connectivity index (χ2v) is 33.2. The van der Waals surface area contributed by atoms with E-state index >= 15 is 32.8 Å². The van der Waals surface area contributed by atoms with E-state index in [1.54, 1.807) is 32.0 Å². The lowest BCUT2D eigenvalue weighted by Crippen LogP contribution is -2.67. The average molecular weight is 1560 g/mol. The molecule has 0 radical (unpaired) electrons. The Morgan fingerprint density at radius 1 is 0.727 bits per heavy atom. The van der Waals surface area contributed by atoms with Crippen LogP contribution in [0.5, 0.6) is 0 Å². The van der Waals surface area contributed by atoms with Crippen LogP contribution in [0.25, 0.3) is 0 Å². The van der Waals surface area contributed by atoms with E-state index in [9.17, 15) is 46.7 Å². The molecule has 0 aromatic rings. The fourth-order valence-electron chi connectivity index (χ4n) is 18.4. The molecule has 0 aromatic heterocycles. The highest BCUT2D eigenvalue weighted by Crippen LogP contribution is 2.47. The first kappa shape index (κ1) is 86.7. The van der Waals surface area contributed by atoms with Crippen molar-refractivity contribution in [2.24, 2.45) is 41.4 Å². The highest BCUT2D eigenvalue weighted by molar-refractivity contribution is 5.99. The molecule has 4 bridgehead atoms. The third-order valence-corrected chi connectivity index (χ3v) is 25.6. The van der Waals surface area contributed by atoms with Crippen LogP contribution in [0.3, 0.4) is 0 Å². The Bertz CT molecular complexity index is 3310. The number of hydrogen-bond donors (Lipinski definition) is 3. The quantitative estimate of drug-likeness (QED) is 0.0558. The summed E-state index contributed by atoms with van der Waals surface area (Å²) in [6.07, 6.45) is 7.48. The number of rotatable bonds is 22. The second kappa shape index (κ2) is 39.0. The number of hydrogen-bond acceptors (Lipinski definition) is 13. The fraction of sp³-hybridized carbons (Fsp3) is 0.800. The summed E-state index contributed by atoms with van der Waals surface area (Å²) in [6.45, 7) is 6.45. The van der Waals surface area contributed by atoms with Gasteiger partial charge in [-0.15, -0.1) is 0 Å². The summed E-state index contributed by atoms with van der Waals surface area (Å²) >= 11 is 0. The highest BCUT2D eigenvalue weighted by atomic mass is 19.4. The third-order valence-electron chi connectivity index (χ3n) is 25.6. The lowest BCUT2D eigenvalue weighted by molar-refractivity contribution is -0.220. The van der Waals surface area contributed by atoms with Crippen molar-refractivity contribution in [2.75, 3.05) is 94.2 Å². The highest BCUT2D eigenvalue weighted by Gasteiger charge is 2.58. The van der Waals surface area contributed by atoms with Crippen LogP contribution in [0.2, 0.25) is 0 Å². The number of ether oxygens (including phenoxy) is 1. The number of likely N-dealkylation sites (N-methyl/N-ethyl adjacent to an activating group) is 5. The van der Waals surface area contributed by atoms with Gasteiger partial charge in [0.25, 0.3) is 0 Å². The molecule has 5 heterocycles. The summed E-state index contributed by atoms with van der Waals surface area (Å²) in [7, 11) is 7.54. The number of amides is 12. The van der Waals surface area contributed by atoms with Crippen LogP contribution >= 0.6 is 0 Å². The van der Waals surface area contributed by atoms with Gasteiger partial charge in [0.2, 0.25) is 70.9 Å². The van der Waals surface area contributed by atoms with Gasteiger partial charge in [0.15, 0.2) is 0 Å². The number of nitrogens with one attached hydrogen (secondary N) is 3. The zero-order chi connectivity index (χ0) is 80.1. The Labute approximate surface area is 646 Å². The number of carbonyl (C=O) groups excluding carboxylic acids is 12. The van der Waals surface area contributed by atoms with Crippen LogP contribution in [-0.2, 0) is 62.3 Å². The Balaban J connectivity index is 0.928. The maximum atomic E-state index is 16.0. The van der Waals surface area contributed by atoms with E-state index in [4.69, 9.17) is 4.74 Å². The predicted molar refractivity (Wildman–Crippen MR) is 399 cm³/mol. The van der Waals surface area contributed by atoms with Gasteiger partial charge in [0, 0.05) is 99.9 Å². The summed E-state index contributed by atoms with van der Waals surface area (Å²) in [6, 6.07) is -6.80. The first-order chi connectivity index (χ1) is 52.3. The van der Waals surface area contributed by atoms with Crippen LogP contribution in [0.15, 0.2) is 24.3 Å². The molecular formula is C80H123F5N12O13. The monoisotopic (exact) mass is 1550 g/mol. The van der Waals surface area contributed by atoms with E-state index in [2.05, 4.69) is 28.1 Å². The van der Waals surface area contributed by atoms with E-state index in [1.165, 1.54) is 67.3 Å². The van der Waals surface area contributed by atoms with Crippen LogP contribution in [0, 0.1) is 41.4 Å². The first-order valence-electron chi connectivity index (χ1n) is 40.9. The number of carbonyl (C=O) groups is 12. The van der Waals surface area contributed by atoms with Gasteiger partial charge < -0.3 is 64.8 Å². The molecule has 12 amide bonds. The van der Waals surface area contributed by atoms with E-state index in [-0.39, 0.29) is 113 Å². The van der Waals surface area contributed by atoms with Crippen molar-refractivity contribution in [2.45, 2.75) is 274 Å². The van der Waals surface area contributed by atoms with Crippen molar-refractivity contribution in [1.82, 2.24) is 60.0 Å². The Kier molecular flexibility index (Phi) is 30.7. The van der Waals surface area contributed by atoms with Gasteiger partial charge in [-0.3, -0.25) is 57.5 Å². The van der Waals surface area contributed by atoms with E-state index in [0.717, 1.165) is 44.9 Å². The van der Waals surface area contributed by atoms with Gasteiger partial charge >= 0.3 is 6.18 Å². The smallest absolute Gasteiger partial charge is 0.377 e. The van der Waals surface area contributed by atoms with Gasteiger partial charge in [0.05, 0.1) is 19.2 Å². The van der Waals surface area contributed by atoms with Gasteiger partial charge in [0.1, 0.15) is 66.6 Å². The number of nitrogens with zero attached hydrogens (tertiary/aromatic N) is 9. The van der Waals surface area contributed by atoms with Crippen molar-refractivity contribution in [3.05, 3.63) is 24.3 Å². The Hall–Kier alpha value is -7.27. The van der Waals surface area contributed by atoms with Crippen molar-refractivity contribution in [3.63, 3.8) is 0 Å². The van der Waals surface area contributed by atoms with Crippen LogP contribution in [-0.4, -0.2) is 282 Å². The first-order valence-corrected chi connectivity index (χ1v) is 40.9. The van der Waals surface area contributed by atoms with Gasteiger partial charge in [-0.1, -0.05) is 57.4 Å². The molecule has 7 fully saturated rings. The number of allylic oxidation sites excluding steroid dienone is 2. The topological polar surface area (TPSA) is 279 Å². The molecule has 3 N–H and O–H groups in total. The average Bonchev–Trinajstić information content (AvgIpc) is 1.05. The summed E-state index contributed by atoms with van der Waals surface area (Å²) in [4.78, 5) is 188. The van der Waals surface area contributed by atoms with E-state index in [1.807, 2.05) is 19.9 Å². The van der Waals surface area contributed by atoms with Gasteiger partial charge in [-0.25, -0.2) is 8.78 Å². The largest absolute Gasteiger partial charge is 0.397 e. The molecule has 10 aliphatic rings. The second-order valence-electron chi connectivity index (χ2n) is 33.2. The van der Waals surface area contributed by atoms with Crippen molar-refractivity contribution in [1.29, 1.82) is 0 Å². The van der Waals surface area contributed by atoms with Crippen LogP contribution in [0.1, 0.15) is 201 Å². The molecule has 5 aliphatic carbocycles. The third kappa shape index (κ3) is 21.3. The van der Waals surface area contributed by atoms with E-state index in [0.29, 0.717) is 90.1 Å². The molecule has 5 aliphatic heterocycles. The molecule has 110 heavy (non-hydrogen) atoms. The van der Waals surface area contributed by atoms with Crippen LogP contribution in [0.4, 0.5) is 22.0 Å². The maximum absolute atomic E-state index is 16.0. The molecule has 616 valence electrons. The zero-order valence-corrected chi connectivity index (χ0v) is 66.3. The normalized spacial score (nSPS) is 29.8. The minimum Gasteiger partial charge on any atom is -0.377 e. The minimum atomic E-state index is -5.25. The molecular weight excluding hydrogens is 1430 g/mol. The summed E-state index contributed by atoms with van der Waals surface area (Å²) in [5.74, 6) is -12.7. The summed E-state index contributed by atoms with van der Waals surface area (Å²) in [5.41, 5.74) is -1.52. The zero-order valence-electron chi connectivity index (χ0n) is 66.3. The molecule has 3 unspecified atom stereocenters. The Morgan fingerprint density at radius 2 is 1.40 bits per heavy atom. The minimum absolute atomic E-state index is 0.0666. The SMILES string of the molecule is CCO[C@@H]1C[C@@H](C(=O)NC2(C(=O)N(C)[C@H](C(=O)N(C)CC(=O)N3CCCCC3)C3CCCC3)CCC2)N(C(=O)C(CCNC(=O)CN(C)C(=O)[C@@H]2CC3CCC(/C=C/CCC[C@H](N(C)C(C)=O)C(=O)N[C@@H]([C@@H](C)CC)C(=O)N(C4CC4)CC(=O)N(C)[C@H]4C/C=C\CCN2C4=O)CC3)C2CC(F)C(C(F)(F)F)C(F)C2)C1. The lowest BCUT2D eigenvalue weighted by atomic mass is 9.72. The maximum Gasteiger partial charge on any atom is 0.397 e. The molecule has 30 heteroatoms. The molecule has 10 rings (SSSR count). The van der Waals surface area contributed by atoms with E-state index < -0.39 is 169 Å². The summed E-state index contributed by atoms with van der Waals surface area (Å²) < 4.78 is 81.0. The molecule has 2 saturated heterocycles. The number of likely N-dealkylation sites (tertiary alicyclic amines) is 2. The van der Waals surface area contributed by atoms with Gasteiger partial charge in [-0.05, 0) is 184 Å². The fourth-order valence-corrected chi connectivity index (χ4v) is 18.4. The van der Waals surface area contributed by atoms with Crippen molar-refractivity contribution >= 4 is 70.9 Å². The molecule has 5 saturated carbocycles. The Morgan fingerprint density at radius 3 is 2.01 bits per heavy atom. The molecule has 11 atom stereocenters. The van der Waals surface area contributed by atoms with Crippen molar-refractivity contribution in [3.8, 4) is 0 Å². The van der Waals surface area contributed by atoms with Crippen LogP contribution < -0.4 is 16.0 Å². The lowest BCUT2D eigenvalue weighted by Gasteiger charge is -2.46. The number of alkyl halides is 5. The molecule has 0 spiro atoms. The number of piperidine rings is 1. The number of fused-ring (bicyclic) bond motifs is 15. The molecule has 0 aromatic carbocycles. The van der Waals surface area contributed by atoms with Crippen molar-refractivity contribution < 1.29 is 84.2 Å². The standard InChI is InChI=1S/C80H123F5N12O13/c1-10-50(3)69-76(107)96(56-33-34-56)49-66(100)92(8)62-28-17-13-22-41-95(75(62)106)64(42-53-31-29-52(30-32-53)24-15-12-16-27-61(71(102)87-69)91(7)51(4)98)74(105)89(5)47-65(99)86-38-35-58(55-43-59(81)68(60(82)44-55)80(83,84)85)73(104)97-46-57(110-11-2)45-63(97)72(103)88-79(36-23-37-79)78(109)93(9)70(54-25-18-19-26-54)77(108)90(6)48-67(101)94-39-20-14-21-40-94/h13,15,17,24,50,52-64,68-70H,10-12,14,16,18-23,25-49H2,1-9H3,(H,86,99)(H,87,102)(H,88,103)/b17-13-,24-15+/t50-,52?,53?,55?,57+,58?,59?,60?,61-,62-,63-,64-,68?,69-,70-/m0/s1.